The molecule has 1 saturated carbocycles. The zero-order valence-electron chi connectivity index (χ0n) is 12.6. The topological polar surface area (TPSA) is 17.3 Å². The molecule has 0 radical (unpaired) electrons. The number of pyridine rings is 1. The standard InChI is InChI=1S/C17H19ClF2N2/c1-11(2)16-14(9-12-5-7-17(19,20)8-6-12)22-10-13(18)3-4-15(22)21-16/h3-4,10,12H,1,5-9H2,2H3. The van der Waals surface area contributed by atoms with E-state index < -0.39 is 5.92 Å². The van der Waals surface area contributed by atoms with Gasteiger partial charge in [0.05, 0.1) is 16.4 Å². The van der Waals surface area contributed by atoms with Crippen LogP contribution < -0.4 is 0 Å². The molecule has 0 unspecified atom stereocenters. The minimum absolute atomic E-state index is 0.0163. The first kappa shape index (κ1) is 15.5. The van der Waals surface area contributed by atoms with Crippen molar-refractivity contribution >= 4 is 22.8 Å². The normalized spacial score (nSPS) is 18.7. The van der Waals surface area contributed by atoms with E-state index in [1.807, 2.05) is 23.6 Å². The number of hydrogen-bond donors (Lipinski definition) is 0. The molecule has 3 rings (SSSR count). The van der Waals surface area contributed by atoms with Crippen molar-refractivity contribution in [2.75, 3.05) is 0 Å². The van der Waals surface area contributed by atoms with Gasteiger partial charge in [-0.1, -0.05) is 18.2 Å². The second-order valence-electron chi connectivity index (χ2n) is 6.27. The second kappa shape index (κ2) is 5.65. The SMILES string of the molecule is C=C(C)c1nc2ccc(Cl)cn2c1CC1CCC(F)(F)CC1. The Bertz CT molecular complexity index is 711. The molecule has 5 heteroatoms. The van der Waals surface area contributed by atoms with Gasteiger partial charge in [-0.3, -0.25) is 0 Å². The molecule has 2 aromatic heterocycles. The van der Waals surface area contributed by atoms with Gasteiger partial charge < -0.3 is 4.40 Å². The predicted molar refractivity (Wildman–Crippen MR) is 85.5 cm³/mol. The van der Waals surface area contributed by atoms with Gasteiger partial charge in [-0.15, -0.1) is 0 Å². The summed E-state index contributed by atoms with van der Waals surface area (Å²) in [5.41, 5.74) is 3.59. The third kappa shape index (κ3) is 3.02. The first-order valence-electron chi connectivity index (χ1n) is 7.56. The van der Waals surface area contributed by atoms with Crippen LogP contribution in [0.15, 0.2) is 24.9 Å². The highest BCUT2D eigenvalue weighted by atomic mass is 35.5. The van der Waals surface area contributed by atoms with E-state index in [-0.39, 0.29) is 18.8 Å². The molecule has 0 amide bonds. The Balaban J connectivity index is 1.93. The van der Waals surface area contributed by atoms with Crippen LogP contribution in [0, 0.1) is 5.92 Å². The lowest BCUT2D eigenvalue weighted by atomic mass is 9.83. The van der Waals surface area contributed by atoms with Gasteiger partial charge in [-0.2, -0.15) is 0 Å². The van der Waals surface area contributed by atoms with E-state index in [1.54, 1.807) is 6.07 Å². The maximum atomic E-state index is 13.3. The fourth-order valence-electron chi connectivity index (χ4n) is 3.18. The molecule has 1 aliphatic rings. The summed E-state index contributed by atoms with van der Waals surface area (Å²) in [5.74, 6) is -2.23. The van der Waals surface area contributed by atoms with Gasteiger partial charge >= 0.3 is 0 Å². The number of fused-ring (bicyclic) bond motifs is 1. The molecule has 0 atom stereocenters. The Kier molecular flexibility index (Phi) is 3.98. The van der Waals surface area contributed by atoms with Crippen molar-refractivity contribution in [3.63, 3.8) is 0 Å². The minimum atomic E-state index is -2.49. The third-order valence-corrected chi connectivity index (χ3v) is 4.63. The first-order chi connectivity index (χ1) is 10.4. The van der Waals surface area contributed by atoms with Crippen molar-refractivity contribution in [1.29, 1.82) is 0 Å². The Labute approximate surface area is 133 Å². The average molecular weight is 325 g/mol. The molecule has 0 aromatic carbocycles. The maximum absolute atomic E-state index is 13.3. The smallest absolute Gasteiger partial charge is 0.248 e. The van der Waals surface area contributed by atoms with Crippen molar-refractivity contribution in [2.45, 2.75) is 45.0 Å². The highest BCUT2D eigenvalue weighted by molar-refractivity contribution is 6.30. The lowest BCUT2D eigenvalue weighted by molar-refractivity contribution is -0.0457. The van der Waals surface area contributed by atoms with Crippen LogP contribution in [0.2, 0.25) is 5.02 Å². The van der Waals surface area contributed by atoms with Gasteiger partial charge in [-0.05, 0) is 49.8 Å². The first-order valence-corrected chi connectivity index (χ1v) is 7.94. The molecule has 0 bridgehead atoms. The molecule has 1 aliphatic carbocycles. The third-order valence-electron chi connectivity index (χ3n) is 4.40. The van der Waals surface area contributed by atoms with Crippen molar-refractivity contribution < 1.29 is 8.78 Å². The van der Waals surface area contributed by atoms with Gasteiger partial charge in [0.1, 0.15) is 5.65 Å². The zero-order valence-corrected chi connectivity index (χ0v) is 13.3. The Hall–Kier alpha value is -1.42. The van der Waals surface area contributed by atoms with E-state index in [0.717, 1.165) is 29.0 Å². The summed E-state index contributed by atoms with van der Waals surface area (Å²) in [7, 11) is 0. The van der Waals surface area contributed by atoms with Crippen LogP contribution in [0.3, 0.4) is 0 Å². The molecule has 0 saturated heterocycles. The van der Waals surface area contributed by atoms with E-state index in [2.05, 4.69) is 11.6 Å². The minimum Gasteiger partial charge on any atom is -0.302 e. The lowest BCUT2D eigenvalue weighted by Gasteiger charge is -2.28. The highest BCUT2D eigenvalue weighted by Crippen LogP contribution is 2.38. The van der Waals surface area contributed by atoms with E-state index in [4.69, 9.17) is 11.6 Å². The summed E-state index contributed by atoms with van der Waals surface area (Å²) in [4.78, 5) is 4.60. The Morgan fingerprint density at radius 2 is 2.09 bits per heavy atom. The maximum Gasteiger partial charge on any atom is 0.248 e. The molecule has 22 heavy (non-hydrogen) atoms. The molecular weight excluding hydrogens is 306 g/mol. The molecule has 2 nitrogen and oxygen atoms in total. The van der Waals surface area contributed by atoms with Crippen LogP contribution >= 0.6 is 11.6 Å². The fraction of sp³-hybridized carbons (Fsp3) is 0.471. The summed E-state index contributed by atoms with van der Waals surface area (Å²) in [6.45, 7) is 5.91. The van der Waals surface area contributed by atoms with Crippen LogP contribution in [-0.4, -0.2) is 15.3 Å². The molecule has 0 spiro atoms. The number of imidazole rings is 1. The van der Waals surface area contributed by atoms with Gasteiger partial charge in [0.2, 0.25) is 5.92 Å². The van der Waals surface area contributed by atoms with Gasteiger partial charge in [0, 0.05) is 19.0 Å². The second-order valence-corrected chi connectivity index (χ2v) is 6.70. The van der Waals surface area contributed by atoms with Gasteiger partial charge in [0.25, 0.3) is 0 Å². The van der Waals surface area contributed by atoms with Crippen LogP contribution in [0.5, 0.6) is 0 Å². The number of rotatable bonds is 3. The van der Waals surface area contributed by atoms with E-state index in [1.165, 1.54) is 0 Å². The molecule has 118 valence electrons. The monoisotopic (exact) mass is 324 g/mol. The molecular formula is C17H19ClF2N2. The number of hydrogen-bond acceptors (Lipinski definition) is 1. The summed E-state index contributed by atoms with van der Waals surface area (Å²) >= 11 is 6.09. The van der Waals surface area contributed by atoms with E-state index in [9.17, 15) is 8.78 Å². The molecule has 2 heterocycles. The van der Waals surface area contributed by atoms with Crippen molar-refractivity contribution in [3.8, 4) is 0 Å². The number of allylic oxidation sites excluding steroid dienone is 1. The van der Waals surface area contributed by atoms with E-state index in [0.29, 0.717) is 17.9 Å². The summed E-state index contributed by atoms with van der Waals surface area (Å²) in [6.07, 6.45) is 3.64. The molecule has 0 N–H and O–H groups in total. The number of alkyl halides is 2. The van der Waals surface area contributed by atoms with Crippen LogP contribution in [0.1, 0.15) is 44.0 Å². The van der Waals surface area contributed by atoms with Crippen molar-refractivity contribution in [1.82, 2.24) is 9.38 Å². The predicted octanol–water partition coefficient (Wildman–Crippen LogP) is 5.39. The summed E-state index contributed by atoms with van der Waals surface area (Å²) in [5, 5.41) is 0.634. The Morgan fingerprint density at radius 3 is 2.73 bits per heavy atom. The average Bonchev–Trinajstić information content (AvgIpc) is 2.79. The summed E-state index contributed by atoms with van der Waals surface area (Å²) < 4.78 is 28.6. The van der Waals surface area contributed by atoms with E-state index >= 15 is 0 Å². The lowest BCUT2D eigenvalue weighted by Crippen LogP contribution is -2.25. The summed E-state index contributed by atoms with van der Waals surface area (Å²) in [6, 6.07) is 3.67. The molecule has 1 fully saturated rings. The van der Waals surface area contributed by atoms with Crippen LogP contribution in [-0.2, 0) is 6.42 Å². The number of halogens is 3. The van der Waals surface area contributed by atoms with Gasteiger partial charge in [0.15, 0.2) is 0 Å². The van der Waals surface area contributed by atoms with Crippen molar-refractivity contribution in [2.24, 2.45) is 5.92 Å². The van der Waals surface area contributed by atoms with Gasteiger partial charge in [-0.25, -0.2) is 13.8 Å². The zero-order chi connectivity index (χ0) is 15.9. The quantitative estimate of drug-likeness (QED) is 0.740. The highest BCUT2D eigenvalue weighted by Gasteiger charge is 2.35. The Morgan fingerprint density at radius 1 is 1.41 bits per heavy atom. The number of nitrogens with zero attached hydrogens (tertiary/aromatic N) is 2. The van der Waals surface area contributed by atoms with Crippen LogP contribution in [0.4, 0.5) is 8.78 Å². The molecule has 0 aliphatic heterocycles. The van der Waals surface area contributed by atoms with Crippen LogP contribution in [0.25, 0.3) is 11.2 Å². The fourth-order valence-corrected chi connectivity index (χ4v) is 3.34. The largest absolute Gasteiger partial charge is 0.302 e. The number of aromatic nitrogens is 2. The van der Waals surface area contributed by atoms with Crippen molar-refractivity contribution in [3.05, 3.63) is 41.3 Å². The molecule has 2 aromatic rings.